The van der Waals surface area contributed by atoms with Crippen molar-refractivity contribution in [3.05, 3.63) is 24.0 Å². The van der Waals surface area contributed by atoms with E-state index >= 15 is 0 Å². The number of hydrogen-bond acceptors (Lipinski definition) is 4. The van der Waals surface area contributed by atoms with Crippen LogP contribution < -0.4 is 5.73 Å². The molecule has 0 radical (unpaired) electrons. The molecule has 1 aromatic rings. The second kappa shape index (κ2) is 5.55. The first-order chi connectivity index (χ1) is 9.96. The van der Waals surface area contributed by atoms with E-state index < -0.39 is 15.8 Å². The Morgan fingerprint density at radius 2 is 1.86 bits per heavy atom. The van der Waals surface area contributed by atoms with Gasteiger partial charge < -0.3 is 10.6 Å². The Bertz CT molecular complexity index is 623. The number of anilines is 1. The number of benzene rings is 1. The maximum Gasteiger partial charge on any atom is 0.243 e. The van der Waals surface area contributed by atoms with Gasteiger partial charge in [-0.2, -0.15) is 4.31 Å². The monoisotopic (exact) mass is 313 g/mol. The van der Waals surface area contributed by atoms with E-state index in [4.69, 9.17) is 5.73 Å². The van der Waals surface area contributed by atoms with Crippen molar-refractivity contribution in [2.45, 2.75) is 17.7 Å². The van der Waals surface area contributed by atoms with Gasteiger partial charge in [-0.05, 0) is 37.0 Å². The SMILES string of the molecule is Nc1cc(S(=O)(=O)N2CCN(CC3CC3)CC2)ccc1F. The van der Waals surface area contributed by atoms with E-state index in [1.165, 1.54) is 29.3 Å². The minimum atomic E-state index is -3.58. The van der Waals surface area contributed by atoms with Gasteiger partial charge in [-0.1, -0.05) is 0 Å². The number of rotatable bonds is 4. The van der Waals surface area contributed by atoms with Crippen molar-refractivity contribution >= 4 is 15.7 Å². The first-order valence-electron chi connectivity index (χ1n) is 7.24. The summed E-state index contributed by atoms with van der Waals surface area (Å²) >= 11 is 0. The average molecular weight is 313 g/mol. The van der Waals surface area contributed by atoms with Gasteiger partial charge in [0.25, 0.3) is 0 Å². The average Bonchev–Trinajstić information content (AvgIpc) is 3.26. The maximum atomic E-state index is 13.2. The van der Waals surface area contributed by atoms with Crippen LogP contribution in [-0.4, -0.2) is 50.3 Å². The molecule has 5 nitrogen and oxygen atoms in total. The Hall–Kier alpha value is -1.18. The highest BCUT2D eigenvalue weighted by Crippen LogP contribution is 2.30. The second-order valence-corrected chi connectivity index (χ2v) is 7.77. The highest BCUT2D eigenvalue weighted by molar-refractivity contribution is 7.89. The molecule has 0 aromatic heterocycles. The summed E-state index contributed by atoms with van der Waals surface area (Å²) < 4.78 is 39.7. The van der Waals surface area contributed by atoms with Crippen molar-refractivity contribution in [2.75, 3.05) is 38.5 Å². The molecule has 7 heteroatoms. The predicted molar refractivity (Wildman–Crippen MR) is 78.7 cm³/mol. The summed E-state index contributed by atoms with van der Waals surface area (Å²) in [5.74, 6) is 0.216. The number of piperazine rings is 1. The van der Waals surface area contributed by atoms with Gasteiger partial charge in [0.2, 0.25) is 10.0 Å². The fraction of sp³-hybridized carbons (Fsp3) is 0.571. The first kappa shape index (κ1) is 14.7. The fourth-order valence-electron chi connectivity index (χ4n) is 2.65. The second-order valence-electron chi connectivity index (χ2n) is 5.83. The van der Waals surface area contributed by atoms with Crippen LogP contribution in [0.4, 0.5) is 10.1 Å². The van der Waals surface area contributed by atoms with Gasteiger partial charge in [-0.15, -0.1) is 0 Å². The minimum absolute atomic E-state index is 0.0667. The van der Waals surface area contributed by atoms with Crippen LogP contribution >= 0.6 is 0 Å². The number of hydrogen-bond donors (Lipinski definition) is 1. The minimum Gasteiger partial charge on any atom is -0.396 e. The predicted octanol–water partition coefficient (Wildman–Crippen LogP) is 1.12. The van der Waals surface area contributed by atoms with Crippen LogP contribution in [0.2, 0.25) is 0 Å². The summed E-state index contributed by atoms with van der Waals surface area (Å²) in [6.07, 6.45) is 2.60. The third-order valence-corrected chi connectivity index (χ3v) is 6.04. The lowest BCUT2D eigenvalue weighted by Crippen LogP contribution is -2.49. The zero-order valence-corrected chi connectivity index (χ0v) is 12.7. The molecule has 1 saturated carbocycles. The lowest BCUT2D eigenvalue weighted by molar-refractivity contribution is 0.182. The lowest BCUT2D eigenvalue weighted by atomic mass is 10.3. The van der Waals surface area contributed by atoms with Crippen molar-refractivity contribution in [3.8, 4) is 0 Å². The number of nitrogen functional groups attached to an aromatic ring is 1. The summed E-state index contributed by atoms with van der Waals surface area (Å²) in [6.45, 7) is 3.55. The quantitative estimate of drug-likeness (QED) is 0.846. The van der Waals surface area contributed by atoms with Crippen LogP contribution in [0.15, 0.2) is 23.1 Å². The fourth-order valence-corrected chi connectivity index (χ4v) is 4.11. The van der Waals surface area contributed by atoms with Crippen LogP contribution in [0.1, 0.15) is 12.8 Å². The third-order valence-electron chi connectivity index (χ3n) is 4.15. The molecule has 1 heterocycles. The molecular weight excluding hydrogens is 293 g/mol. The Balaban J connectivity index is 1.68. The molecule has 116 valence electrons. The molecule has 2 aliphatic rings. The summed E-state index contributed by atoms with van der Waals surface area (Å²) in [6, 6.07) is 3.57. The van der Waals surface area contributed by atoms with E-state index in [1.54, 1.807) is 0 Å². The number of halogens is 1. The van der Waals surface area contributed by atoms with Gasteiger partial charge in [0.05, 0.1) is 10.6 Å². The maximum absolute atomic E-state index is 13.2. The Kier molecular flexibility index (Phi) is 3.90. The molecule has 0 spiro atoms. The zero-order chi connectivity index (χ0) is 15.0. The molecule has 0 amide bonds. The van der Waals surface area contributed by atoms with Crippen molar-refractivity contribution in [2.24, 2.45) is 5.92 Å². The van der Waals surface area contributed by atoms with E-state index in [9.17, 15) is 12.8 Å². The third kappa shape index (κ3) is 3.20. The van der Waals surface area contributed by atoms with Gasteiger partial charge >= 0.3 is 0 Å². The van der Waals surface area contributed by atoms with Gasteiger partial charge in [-0.25, -0.2) is 12.8 Å². The molecule has 1 aliphatic heterocycles. The van der Waals surface area contributed by atoms with Gasteiger partial charge in [0.1, 0.15) is 5.82 Å². The van der Waals surface area contributed by atoms with Crippen molar-refractivity contribution in [1.29, 1.82) is 0 Å². The Morgan fingerprint density at radius 3 is 2.43 bits per heavy atom. The van der Waals surface area contributed by atoms with E-state index in [1.807, 2.05) is 0 Å². The van der Waals surface area contributed by atoms with Crippen molar-refractivity contribution < 1.29 is 12.8 Å². The highest BCUT2D eigenvalue weighted by Gasteiger charge is 2.31. The highest BCUT2D eigenvalue weighted by atomic mass is 32.2. The molecule has 21 heavy (non-hydrogen) atoms. The smallest absolute Gasteiger partial charge is 0.243 e. The number of sulfonamides is 1. The van der Waals surface area contributed by atoms with Gasteiger partial charge in [0, 0.05) is 32.7 Å². The van der Waals surface area contributed by atoms with E-state index in [0.29, 0.717) is 13.1 Å². The Morgan fingerprint density at radius 1 is 1.19 bits per heavy atom. The summed E-state index contributed by atoms with van der Waals surface area (Å²) in [7, 11) is -3.58. The van der Waals surface area contributed by atoms with E-state index in [2.05, 4.69) is 4.90 Å². The van der Waals surface area contributed by atoms with Crippen molar-refractivity contribution in [3.63, 3.8) is 0 Å². The van der Waals surface area contributed by atoms with Crippen LogP contribution in [0.25, 0.3) is 0 Å². The molecule has 0 atom stereocenters. The Labute approximate surface area is 124 Å². The molecule has 0 bridgehead atoms. The molecule has 1 aliphatic carbocycles. The topological polar surface area (TPSA) is 66.6 Å². The largest absolute Gasteiger partial charge is 0.396 e. The molecule has 2 N–H and O–H groups in total. The molecule has 3 rings (SSSR count). The number of nitrogens with two attached hydrogens (primary N) is 1. The normalized spacial score (nSPS) is 21.6. The van der Waals surface area contributed by atoms with Gasteiger partial charge in [-0.3, -0.25) is 0 Å². The van der Waals surface area contributed by atoms with Crippen molar-refractivity contribution in [1.82, 2.24) is 9.21 Å². The lowest BCUT2D eigenvalue weighted by Gasteiger charge is -2.34. The molecular formula is C14H20FN3O2S. The van der Waals surface area contributed by atoms with E-state index in [0.717, 1.165) is 31.6 Å². The van der Waals surface area contributed by atoms with E-state index in [-0.39, 0.29) is 10.6 Å². The number of nitrogens with zero attached hydrogens (tertiary/aromatic N) is 2. The summed E-state index contributed by atoms with van der Waals surface area (Å²) in [5, 5.41) is 0. The molecule has 0 unspecified atom stereocenters. The van der Waals surface area contributed by atoms with Crippen LogP contribution in [0.3, 0.4) is 0 Å². The molecule has 1 saturated heterocycles. The molecule has 2 fully saturated rings. The summed E-state index contributed by atoms with van der Waals surface area (Å²) in [5.41, 5.74) is 5.33. The van der Waals surface area contributed by atoms with Gasteiger partial charge in [0.15, 0.2) is 0 Å². The van der Waals surface area contributed by atoms with Crippen LogP contribution in [0, 0.1) is 11.7 Å². The summed E-state index contributed by atoms with van der Waals surface area (Å²) in [4.78, 5) is 2.39. The standard InChI is InChI=1S/C14H20FN3O2S/c15-13-4-3-12(9-14(13)16)21(19,20)18-7-5-17(6-8-18)10-11-1-2-11/h3-4,9,11H,1-2,5-8,10,16H2. The van der Waals surface area contributed by atoms with Crippen LogP contribution in [-0.2, 0) is 10.0 Å². The zero-order valence-electron chi connectivity index (χ0n) is 11.8. The first-order valence-corrected chi connectivity index (χ1v) is 8.68. The van der Waals surface area contributed by atoms with Crippen LogP contribution in [0.5, 0.6) is 0 Å². The molecule has 1 aromatic carbocycles.